The Bertz CT molecular complexity index is 594. The Kier molecular flexibility index (Phi) is 5.41. The van der Waals surface area contributed by atoms with E-state index in [1.807, 2.05) is 0 Å². The minimum Gasteiger partial charge on any atom is -0.288 e. The number of carbonyl (C=O) groups excluding carboxylic acids is 1. The van der Waals surface area contributed by atoms with Crippen molar-refractivity contribution in [2.75, 3.05) is 5.75 Å². The first-order valence-electron chi connectivity index (χ1n) is 5.10. The molecule has 0 saturated carbocycles. The molecule has 1 aromatic carbocycles. The lowest BCUT2D eigenvalue weighted by Crippen LogP contribution is -2.00. The number of thioether (sulfide) groups is 1. The largest absolute Gasteiger partial charge is 0.295 e. The van der Waals surface area contributed by atoms with Crippen LogP contribution < -0.4 is 0 Å². The van der Waals surface area contributed by atoms with Crippen LogP contribution in [-0.2, 0) is 14.9 Å². The molecule has 4 nitrogen and oxygen atoms in total. The molecule has 0 saturated heterocycles. The molecule has 96 valence electrons. The van der Waals surface area contributed by atoms with E-state index in [1.165, 1.54) is 36.9 Å². The number of rotatable bonds is 3. The molecule has 0 spiro atoms. The van der Waals surface area contributed by atoms with Crippen LogP contribution in [0.1, 0.15) is 18.9 Å². The highest BCUT2D eigenvalue weighted by Gasteiger charge is 2.12. The molecule has 1 N–H and O–H groups in total. The summed E-state index contributed by atoms with van der Waals surface area (Å²) in [4.78, 5) is 10.5. The van der Waals surface area contributed by atoms with E-state index < -0.39 is 10.1 Å². The van der Waals surface area contributed by atoms with E-state index in [2.05, 4.69) is 11.8 Å². The average Bonchev–Trinajstić information content (AvgIpc) is 2.27. The van der Waals surface area contributed by atoms with Gasteiger partial charge in [-0.1, -0.05) is 35.7 Å². The summed E-state index contributed by atoms with van der Waals surface area (Å²) in [5, 5.41) is 0.0233. The highest BCUT2D eigenvalue weighted by Crippen LogP contribution is 2.13. The van der Waals surface area contributed by atoms with Crippen molar-refractivity contribution in [1.29, 1.82) is 0 Å². The SMILES string of the molecule is CC(=O)SCCC#Cc1ccccc1S(=O)(=O)O. The molecule has 0 aromatic heterocycles. The Morgan fingerprint density at radius 2 is 2.06 bits per heavy atom. The summed E-state index contributed by atoms with van der Waals surface area (Å²) in [6.45, 7) is 1.48. The third-order valence-corrected chi connectivity index (χ3v) is 3.65. The monoisotopic (exact) mass is 284 g/mol. The number of carbonyl (C=O) groups is 1. The fourth-order valence-electron chi connectivity index (χ4n) is 1.20. The molecule has 0 fully saturated rings. The lowest BCUT2D eigenvalue weighted by Gasteiger charge is -1.99. The van der Waals surface area contributed by atoms with Crippen molar-refractivity contribution in [3.05, 3.63) is 29.8 Å². The van der Waals surface area contributed by atoms with Crippen molar-refractivity contribution in [1.82, 2.24) is 0 Å². The molecule has 0 aliphatic heterocycles. The van der Waals surface area contributed by atoms with Gasteiger partial charge in [-0.2, -0.15) is 8.42 Å². The van der Waals surface area contributed by atoms with E-state index in [-0.39, 0.29) is 15.6 Å². The van der Waals surface area contributed by atoms with Gasteiger partial charge in [0.05, 0.1) is 0 Å². The zero-order chi connectivity index (χ0) is 13.6. The van der Waals surface area contributed by atoms with Gasteiger partial charge in [-0.05, 0) is 12.1 Å². The molecule has 0 aliphatic rings. The van der Waals surface area contributed by atoms with Crippen LogP contribution in [0.3, 0.4) is 0 Å². The predicted molar refractivity (Wildman–Crippen MR) is 70.9 cm³/mol. The van der Waals surface area contributed by atoms with Gasteiger partial charge in [0.15, 0.2) is 5.12 Å². The van der Waals surface area contributed by atoms with Gasteiger partial charge in [0.25, 0.3) is 10.1 Å². The molecule has 6 heteroatoms. The first kappa shape index (κ1) is 14.8. The summed E-state index contributed by atoms with van der Waals surface area (Å²) in [5.41, 5.74) is 0.257. The molecule has 18 heavy (non-hydrogen) atoms. The van der Waals surface area contributed by atoms with Crippen molar-refractivity contribution in [2.24, 2.45) is 0 Å². The lowest BCUT2D eigenvalue weighted by molar-refractivity contribution is -0.109. The van der Waals surface area contributed by atoms with Gasteiger partial charge in [-0.25, -0.2) is 0 Å². The lowest BCUT2D eigenvalue weighted by atomic mass is 10.2. The second-order valence-corrected chi connectivity index (χ2v) is 6.02. The van der Waals surface area contributed by atoms with Gasteiger partial charge in [-0.3, -0.25) is 9.35 Å². The Labute approximate surface area is 111 Å². The Morgan fingerprint density at radius 3 is 2.67 bits per heavy atom. The van der Waals surface area contributed by atoms with Gasteiger partial charge >= 0.3 is 0 Å². The van der Waals surface area contributed by atoms with Gasteiger partial charge in [-0.15, -0.1) is 0 Å². The van der Waals surface area contributed by atoms with Crippen LogP contribution >= 0.6 is 11.8 Å². The summed E-state index contributed by atoms with van der Waals surface area (Å²) in [5.74, 6) is 6.02. The van der Waals surface area contributed by atoms with Gasteiger partial charge in [0, 0.05) is 24.7 Å². The summed E-state index contributed by atoms with van der Waals surface area (Å²) >= 11 is 1.17. The van der Waals surface area contributed by atoms with Gasteiger partial charge < -0.3 is 0 Å². The van der Waals surface area contributed by atoms with Crippen LogP contribution in [0.2, 0.25) is 0 Å². The summed E-state index contributed by atoms with van der Waals surface area (Å²) in [7, 11) is -4.25. The Balaban J connectivity index is 2.80. The maximum absolute atomic E-state index is 11.1. The maximum Gasteiger partial charge on any atom is 0.295 e. The minimum atomic E-state index is -4.25. The van der Waals surface area contributed by atoms with Crippen LogP contribution in [0.25, 0.3) is 0 Å². The molecule has 0 atom stereocenters. The van der Waals surface area contributed by atoms with E-state index in [4.69, 9.17) is 4.55 Å². The molecule has 1 rings (SSSR count). The van der Waals surface area contributed by atoms with Crippen molar-refractivity contribution in [2.45, 2.75) is 18.2 Å². The van der Waals surface area contributed by atoms with E-state index >= 15 is 0 Å². The van der Waals surface area contributed by atoms with Crippen LogP contribution in [0.4, 0.5) is 0 Å². The summed E-state index contributed by atoms with van der Waals surface area (Å²) in [6.07, 6.45) is 0.476. The van der Waals surface area contributed by atoms with Gasteiger partial charge in [0.1, 0.15) is 4.90 Å². The molecule has 0 aliphatic carbocycles. The summed E-state index contributed by atoms with van der Waals surface area (Å²) in [6, 6.07) is 5.97. The fraction of sp³-hybridized carbons (Fsp3) is 0.250. The van der Waals surface area contributed by atoms with Crippen molar-refractivity contribution in [3.8, 4) is 11.8 Å². The molecule has 0 heterocycles. The fourth-order valence-corrected chi connectivity index (χ4v) is 2.34. The predicted octanol–water partition coefficient (Wildman–Crippen LogP) is 1.95. The smallest absolute Gasteiger partial charge is 0.288 e. The van der Waals surface area contributed by atoms with Crippen LogP contribution in [0.15, 0.2) is 29.2 Å². The first-order valence-corrected chi connectivity index (χ1v) is 7.52. The maximum atomic E-state index is 11.1. The average molecular weight is 284 g/mol. The molecular formula is C12H12O4S2. The highest BCUT2D eigenvalue weighted by molar-refractivity contribution is 8.13. The molecule has 0 unspecified atom stereocenters. The quantitative estimate of drug-likeness (QED) is 0.522. The molecule has 0 amide bonds. The number of benzene rings is 1. The third kappa shape index (κ3) is 4.92. The normalized spacial score (nSPS) is 10.6. The van der Waals surface area contributed by atoms with Crippen molar-refractivity contribution >= 4 is 27.0 Å². The van der Waals surface area contributed by atoms with E-state index in [0.29, 0.717) is 12.2 Å². The number of hydrogen-bond donors (Lipinski definition) is 1. The zero-order valence-corrected chi connectivity index (χ0v) is 11.3. The minimum absolute atomic E-state index is 0.0233. The Hall–Kier alpha value is -1.29. The Morgan fingerprint density at radius 1 is 1.39 bits per heavy atom. The van der Waals surface area contributed by atoms with E-state index in [1.54, 1.807) is 6.07 Å². The molecule has 0 radical (unpaired) electrons. The topological polar surface area (TPSA) is 71.4 Å². The van der Waals surface area contributed by atoms with Crippen LogP contribution in [0, 0.1) is 11.8 Å². The van der Waals surface area contributed by atoms with Crippen LogP contribution in [-0.4, -0.2) is 23.8 Å². The second kappa shape index (κ2) is 6.59. The molecule has 1 aromatic rings. The molecule has 0 bridgehead atoms. The van der Waals surface area contributed by atoms with E-state index in [9.17, 15) is 13.2 Å². The van der Waals surface area contributed by atoms with Gasteiger partial charge in [0.2, 0.25) is 0 Å². The van der Waals surface area contributed by atoms with Crippen molar-refractivity contribution < 1.29 is 17.8 Å². The highest BCUT2D eigenvalue weighted by atomic mass is 32.2. The van der Waals surface area contributed by atoms with E-state index in [0.717, 1.165) is 0 Å². The number of hydrogen-bond acceptors (Lipinski definition) is 4. The molecular weight excluding hydrogens is 272 g/mol. The second-order valence-electron chi connectivity index (χ2n) is 3.36. The standard InChI is InChI=1S/C12H12O4S2/c1-10(13)17-9-5-4-7-11-6-2-3-8-12(11)18(14,15)16/h2-3,6,8H,5,9H2,1H3,(H,14,15,16). The van der Waals surface area contributed by atoms with Crippen molar-refractivity contribution in [3.63, 3.8) is 0 Å². The zero-order valence-electron chi connectivity index (χ0n) is 9.71. The van der Waals surface area contributed by atoms with Crippen LogP contribution in [0.5, 0.6) is 0 Å². The first-order chi connectivity index (χ1) is 8.41. The summed E-state index contributed by atoms with van der Waals surface area (Å²) < 4.78 is 31.1. The third-order valence-electron chi connectivity index (χ3n) is 1.92.